The van der Waals surface area contributed by atoms with E-state index in [9.17, 15) is 4.79 Å². The van der Waals surface area contributed by atoms with Crippen molar-refractivity contribution in [3.05, 3.63) is 0 Å². The first-order valence-electron chi connectivity index (χ1n) is 5.67. The molecule has 1 rings (SSSR count). The van der Waals surface area contributed by atoms with Crippen molar-refractivity contribution in [2.24, 2.45) is 17.6 Å². The van der Waals surface area contributed by atoms with Crippen LogP contribution < -0.4 is 11.1 Å². The molecule has 0 bridgehead atoms. The minimum Gasteiger partial charge on any atom is -0.393 e. The predicted molar refractivity (Wildman–Crippen MR) is 65.5 cm³/mol. The number of hydrogen-bond donors (Lipinski definition) is 2. The molecule has 1 amide bonds. The molecule has 4 heteroatoms. The molecule has 3 nitrogen and oxygen atoms in total. The topological polar surface area (TPSA) is 55.1 Å². The van der Waals surface area contributed by atoms with E-state index >= 15 is 0 Å². The summed E-state index contributed by atoms with van der Waals surface area (Å²) >= 11 is 4.77. The summed E-state index contributed by atoms with van der Waals surface area (Å²) in [6.45, 7) is 2.76. The van der Waals surface area contributed by atoms with Gasteiger partial charge >= 0.3 is 0 Å². The molecule has 0 aromatic heterocycles. The third-order valence-corrected chi connectivity index (χ3v) is 3.10. The van der Waals surface area contributed by atoms with Gasteiger partial charge in [-0.15, -0.1) is 0 Å². The Balaban J connectivity index is 1.99. The van der Waals surface area contributed by atoms with E-state index in [1.54, 1.807) is 0 Å². The molecule has 3 N–H and O–H groups in total. The molecule has 1 aliphatic rings. The SMILES string of the molecule is CC(C(=O)NCCCCC(N)=S)C1CC1. The van der Waals surface area contributed by atoms with E-state index in [2.05, 4.69) is 5.32 Å². The van der Waals surface area contributed by atoms with E-state index in [0.717, 1.165) is 25.8 Å². The molecule has 1 aliphatic carbocycles. The molecular formula is C11H20N2OS. The molecule has 1 fully saturated rings. The molecular weight excluding hydrogens is 208 g/mol. The Hall–Kier alpha value is -0.640. The van der Waals surface area contributed by atoms with Crippen molar-refractivity contribution >= 4 is 23.1 Å². The van der Waals surface area contributed by atoms with Crippen molar-refractivity contribution in [2.45, 2.75) is 39.0 Å². The maximum Gasteiger partial charge on any atom is 0.223 e. The zero-order valence-electron chi connectivity index (χ0n) is 9.29. The summed E-state index contributed by atoms with van der Waals surface area (Å²) in [6, 6.07) is 0. The van der Waals surface area contributed by atoms with Crippen LogP contribution in [0.15, 0.2) is 0 Å². The van der Waals surface area contributed by atoms with Gasteiger partial charge in [0, 0.05) is 12.5 Å². The highest BCUT2D eigenvalue weighted by atomic mass is 32.1. The molecule has 0 spiro atoms. The smallest absolute Gasteiger partial charge is 0.223 e. The van der Waals surface area contributed by atoms with Crippen LogP contribution in [-0.4, -0.2) is 17.4 Å². The Morgan fingerprint density at radius 1 is 1.53 bits per heavy atom. The van der Waals surface area contributed by atoms with Gasteiger partial charge in [0.1, 0.15) is 0 Å². The van der Waals surface area contributed by atoms with Crippen LogP contribution >= 0.6 is 12.2 Å². The number of nitrogens with two attached hydrogens (primary N) is 1. The average molecular weight is 228 g/mol. The van der Waals surface area contributed by atoms with Crippen LogP contribution in [-0.2, 0) is 4.79 Å². The summed E-state index contributed by atoms with van der Waals surface area (Å²) in [5.74, 6) is 1.04. The molecule has 86 valence electrons. The molecule has 0 radical (unpaired) electrons. The first kappa shape index (κ1) is 12.4. The van der Waals surface area contributed by atoms with E-state index in [-0.39, 0.29) is 11.8 Å². The van der Waals surface area contributed by atoms with Crippen molar-refractivity contribution in [3.63, 3.8) is 0 Å². The van der Waals surface area contributed by atoms with E-state index in [1.165, 1.54) is 12.8 Å². The Kier molecular flexibility index (Phi) is 5.02. The van der Waals surface area contributed by atoms with E-state index in [4.69, 9.17) is 18.0 Å². The van der Waals surface area contributed by atoms with Gasteiger partial charge < -0.3 is 11.1 Å². The fourth-order valence-electron chi connectivity index (χ4n) is 1.61. The standard InChI is InChI=1S/C11H20N2OS/c1-8(9-5-6-9)11(14)13-7-3-2-4-10(12)15/h8-9H,2-7H2,1H3,(H2,12,15)(H,13,14). The second-order valence-electron chi connectivity index (χ2n) is 4.34. The van der Waals surface area contributed by atoms with Gasteiger partial charge in [0.2, 0.25) is 5.91 Å². The summed E-state index contributed by atoms with van der Waals surface area (Å²) in [7, 11) is 0. The first-order valence-corrected chi connectivity index (χ1v) is 6.08. The van der Waals surface area contributed by atoms with Gasteiger partial charge in [0.25, 0.3) is 0 Å². The second-order valence-corrected chi connectivity index (χ2v) is 4.86. The fourth-order valence-corrected chi connectivity index (χ4v) is 1.75. The third-order valence-electron chi connectivity index (χ3n) is 2.89. The van der Waals surface area contributed by atoms with Gasteiger partial charge in [-0.25, -0.2) is 0 Å². The number of carbonyl (C=O) groups is 1. The van der Waals surface area contributed by atoms with Crippen molar-refractivity contribution in [2.75, 3.05) is 6.54 Å². The maximum absolute atomic E-state index is 11.6. The number of amides is 1. The molecule has 0 saturated heterocycles. The summed E-state index contributed by atoms with van der Waals surface area (Å²) in [4.78, 5) is 12.1. The molecule has 0 aromatic rings. The van der Waals surface area contributed by atoms with Crippen molar-refractivity contribution in [1.29, 1.82) is 0 Å². The summed E-state index contributed by atoms with van der Waals surface area (Å²) in [5.41, 5.74) is 5.37. The van der Waals surface area contributed by atoms with Crippen LogP contribution in [0.3, 0.4) is 0 Å². The van der Waals surface area contributed by atoms with Gasteiger partial charge in [0.05, 0.1) is 4.99 Å². The molecule has 1 saturated carbocycles. The molecule has 0 heterocycles. The average Bonchev–Trinajstić information content (AvgIpc) is 2.98. The van der Waals surface area contributed by atoms with Crippen LogP contribution in [0.25, 0.3) is 0 Å². The lowest BCUT2D eigenvalue weighted by atomic mass is 10.1. The van der Waals surface area contributed by atoms with Gasteiger partial charge in [0.15, 0.2) is 0 Å². The Morgan fingerprint density at radius 3 is 2.73 bits per heavy atom. The highest BCUT2D eigenvalue weighted by molar-refractivity contribution is 7.80. The first-order chi connectivity index (χ1) is 7.11. The van der Waals surface area contributed by atoms with Crippen LogP contribution in [0.1, 0.15) is 39.0 Å². The van der Waals surface area contributed by atoms with Crippen LogP contribution in [0.2, 0.25) is 0 Å². The summed E-state index contributed by atoms with van der Waals surface area (Å²) in [6.07, 6.45) is 5.14. The lowest BCUT2D eigenvalue weighted by Crippen LogP contribution is -2.31. The molecule has 15 heavy (non-hydrogen) atoms. The number of nitrogens with one attached hydrogen (secondary N) is 1. The second kappa shape index (κ2) is 6.05. The van der Waals surface area contributed by atoms with Crippen molar-refractivity contribution in [3.8, 4) is 0 Å². The largest absolute Gasteiger partial charge is 0.393 e. The monoisotopic (exact) mass is 228 g/mol. The molecule has 1 atom stereocenters. The highest BCUT2D eigenvalue weighted by Crippen LogP contribution is 2.36. The normalized spacial score (nSPS) is 17.1. The lowest BCUT2D eigenvalue weighted by Gasteiger charge is -2.10. The van der Waals surface area contributed by atoms with Crippen molar-refractivity contribution in [1.82, 2.24) is 5.32 Å². The quantitative estimate of drug-likeness (QED) is 0.514. The van der Waals surface area contributed by atoms with E-state index in [0.29, 0.717) is 10.9 Å². The molecule has 0 aromatic carbocycles. The van der Waals surface area contributed by atoms with Gasteiger partial charge in [-0.05, 0) is 38.0 Å². The van der Waals surface area contributed by atoms with E-state index in [1.807, 2.05) is 6.92 Å². The molecule has 0 aliphatic heterocycles. The Labute approximate surface area is 96.8 Å². The third kappa shape index (κ3) is 5.11. The van der Waals surface area contributed by atoms with Crippen LogP contribution in [0, 0.1) is 11.8 Å². The number of thiocarbonyl (C=S) groups is 1. The maximum atomic E-state index is 11.6. The number of carbonyl (C=O) groups excluding carboxylic acids is 1. The zero-order valence-corrected chi connectivity index (χ0v) is 10.1. The summed E-state index contributed by atoms with van der Waals surface area (Å²) < 4.78 is 0. The van der Waals surface area contributed by atoms with E-state index < -0.39 is 0 Å². The number of unbranched alkanes of at least 4 members (excludes halogenated alkanes) is 1. The van der Waals surface area contributed by atoms with Gasteiger partial charge in [-0.1, -0.05) is 19.1 Å². The minimum absolute atomic E-state index is 0.195. The van der Waals surface area contributed by atoms with Gasteiger partial charge in [-0.3, -0.25) is 4.79 Å². The highest BCUT2D eigenvalue weighted by Gasteiger charge is 2.32. The molecule has 1 unspecified atom stereocenters. The Morgan fingerprint density at radius 2 is 2.20 bits per heavy atom. The number of hydrogen-bond acceptors (Lipinski definition) is 2. The Bertz CT molecular complexity index is 239. The fraction of sp³-hybridized carbons (Fsp3) is 0.818. The van der Waals surface area contributed by atoms with Crippen LogP contribution in [0.4, 0.5) is 0 Å². The zero-order chi connectivity index (χ0) is 11.3. The summed E-state index contributed by atoms with van der Waals surface area (Å²) in [5, 5.41) is 2.95. The predicted octanol–water partition coefficient (Wildman–Crippen LogP) is 1.61. The van der Waals surface area contributed by atoms with Gasteiger partial charge in [-0.2, -0.15) is 0 Å². The van der Waals surface area contributed by atoms with Crippen LogP contribution in [0.5, 0.6) is 0 Å². The number of rotatable bonds is 7. The lowest BCUT2D eigenvalue weighted by molar-refractivity contribution is -0.125. The van der Waals surface area contributed by atoms with Crippen molar-refractivity contribution < 1.29 is 4.79 Å². The minimum atomic E-state index is 0.195.